The van der Waals surface area contributed by atoms with E-state index in [9.17, 15) is 13.2 Å². The van der Waals surface area contributed by atoms with Crippen molar-refractivity contribution < 1.29 is 13.2 Å². The van der Waals surface area contributed by atoms with Gasteiger partial charge in [-0.3, -0.25) is 4.79 Å². The summed E-state index contributed by atoms with van der Waals surface area (Å²) < 4.78 is 21.6. The molecule has 0 unspecified atom stereocenters. The maximum Gasteiger partial charge on any atom is 0.189 e. The summed E-state index contributed by atoms with van der Waals surface area (Å²) >= 11 is 6.81. The van der Waals surface area contributed by atoms with Crippen molar-refractivity contribution in [3.8, 4) is 0 Å². The third kappa shape index (κ3) is 3.10. The molecule has 0 atom stereocenters. The van der Waals surface area contributed by atoms with Crippen molar-refractivity contribution in [2.45, 2.75) is 0 Å². The summed E-state index contributed by atoms with van der Waals surface area (Å²) in [6.07, 6.45) is 1.02. The van der Waals surface area contributed by atoms with E-state index in [0.29, 0.717) is 9.90 Å². The number of halogens is 1. The third-order valence-corrected chi connectivity index (χ3v) is 3.43. The fraction of sp³-hybridized carbons (Fsp3) is 0.286. The second-order valence-corrected chi connectivity index (χ2v) is 6.05. The number of carbonyl (C=O) groups excluding carboxylic acids is 1. The Kier molecular flexibility index (Phi) is 3.10. The van der Waals surface area contributed by atoms with Crippen LogP contribution in [0.2, 0.25) is 5.02 Å². The number of rotatable bonds is 3. The van der Waals surface area contributed by atoms with Crippen LogP contribution in [0.5, 0.6) is 0 Å². The predicted octanol–water partition coefficient (Wildman–Crippen LogP) is 1.63. The molecule has 0 aliphatic heterocycles. The molecule has 1 aromatic heterocycles. The molecule has 3 nitrogen and oxygen atoms in total. The molecule has 0 amide bonds. The molecule has 0 aromatic carbocycles. The first kappa shape index (κ1) is 10.7. The van der Waals surface area contributed by atoms with Gasteiger partial charge in [-0.1, -0.05) is 11.6 Å². The van der Waals surface area contributed by atoms with Crippen LogP contribution in [0.1, 0.15) is 9.67 Å². The largest absolute Gasteiger partial charge is 0.292 e. The van der Waals surface area contributed by atoms with Gasteiger partial charge >= 0.3 is 0 Å². The van der Waals surface area contributed by atoms with Gasteiger partial charge in [0.05, 0.1) is 9.90 Å². The Balaban J connectivity index is 2.88. The van der Waals surface area contributed by atoms with Gasteiger partial charge in [-0.05, 0) is 11.4 Å². The van der Waals surface area contributed by atoms with Gasteiger partial charge in [-0.15, -0.1) is 11.3 Å². The lowest BCUT2D eigenvalue weighted by atomic mass is 10.3. The van der Waals surface area contributed by atoms with Gasteiger partial charge in [0.1, 0.15) is 5.75 Å². The molecule has 0 saturated carbocycles. The molecule has 0 bridgehead atoms. The zero-order valence-electron chi connectivity index (χ0n) is 6.78. The molecule has 13 heavy (non-hydrogen) atoms. The molecule has 1 rings (SSSR count). The number of thiophene rings is 1. The van der Waals surface area contributed by atoms with E-state index < -0.39 is 21.4 Å². The van der Waals surface area contributed by atoms with Crippen molar-refractivity contribution in [3.63, 3.8) is 0 Å². The fourth-order valence-electron chi connectivity index (χ4n) is 0.796. The van der Waals surface area contributed by atoms with Crippen molar-refractivity contribution in [3.05, 3.63) is 21.3 Å². The summed E-state index contributed by atoms with van der Waals surface area (Å²) in [5.41, 5.74) is 0. The van der Waals surface area contributed by atoms with E-state index in [1.165, 1.54) is 0 Å². The predicted molar refractivity (Wildman–Crippen MR) is 53.4 cm³/mol. The Labute approximate surface area is 85.3 Å². The summed E-state index contributed by atoms with van der Waals surface area (Å²) in [5, 5.41) is 1.97. The molecule has 0 fully saturated rings. The number of hydrogen-bond acceptors (Lipinski definition) is 4. The van der Waals surface area contributed by atoms with Crippen molar-refractivity contribution in [2.24, 2.45) is 0 Å². The maximum atomic E-state index is 11.3. The molecule has 1 aromatic rings. The molecule has 1 heterocycles. The average Bonchev–Trinajstić information content (AvgIpc) is 2.30. The van der Waals surface area contributed by atoms with E-state index in [1.807, 2.05) is 0 Å². The summed E-state index contributed by atoms with van der Waals surface area (Å²) in [6, 6.07) is 1.57. The first-order valence-electron chi connectivity index (χ1n) is 3.34. The minimum absolute atomic E-state index is 0.312. The molecular formula is C7H7ClO3S2. The Morgan fingerprint density at radius 2 is 2.23 bits per heavy atom. The number of sulfone groups is 1. The topological polar surface area (TPSA) is 51.2 Å². The molecule has 0 N–H and O–H groups in total. The fourth-order valence-corrected chi connectivity index (χ4v) is 2.61. The van der Waals surface area contributed by atoms with Crippen LogP contribution in [0.25, 0.3) is 0 Å². The Hall–Kier alpha value is -0.390. The summed E-state index contributed by atoms with van der Waals surface area (Å²) in [4.78, 5) is 11.6. The zero-order valence-corrected chi connectivity index (χ0v) is 9.17. The van der Waals surface area contributed by atoms with Gasteiger partial charge in [0.25, 0.3) is 0 Å². The van der Waals surface area contributed by atoms with Crippen LogP contribution >= 0.6 is 22.9 Å². The highest BCUT2D eigenvalue weighted by Gasteiger charge is 2.16. The van der Waals surface area contributed by atoms with Crippen molar-refractivity contribution in [1.82, 2.24) is 0 Å². The van der Waals surface area contributed by atoms with Crippen molar-refractivity contribution in [1.29, 1.82) is 0 Å². The molecule has 0 aliphatic carbocycles. The van der Waals surface area contributed by atoms with E-state index in [1.54, 1.807) is 11.4 Å². The first-order valence-corrected chi connectivity index (χ1v) is 6.66. The quantitative estimate of drug-likeness (QED) is 0.752. The van der Waals surface area contributed by atoms with E-state index in [0.717, 1.165) is 17.6 Å². The minimum atomic E-state index is -3.27. The standard InChI is InChI=1S/C7H7ClO3S2/c1-13(10,11)4-6(9)7-5(8)2-3-12-7/h2-3H,4H2,1H3. The SMILES string of the molecule is CS(=O)(=O)CC(=O)c1sccc1Cl. The highest BCUT2D eigenvalue weighted by atomic mass is 35.5. The normalized spacial score (nSPS) is 11.5. The van der Waals surface area contributed by atoms with Crippen LogP contribution in [0, 0.1) is 0 Å². The Bertz CT molecular complexity index is 419. The third-order valence-electron chi connectivity index (χ3n) is 1.26. The van der Waals surface area contributed by atoms with Crippen LogP contribution < -0.4 is 0 Å². The lowest BCUT2D eigenvalue weighted by Crippen LogP contribution is -2.13. The highest BCUT2D eigenvalue weighted by molar-refractivity contribution is 7.91. The number of Topliss-reactive ketones (excluding diaryl/α,β-unsaturated/α-hetero) is 1. The lowest BCUT2D eigenvalue weighted by Gasteiger charge is -1.95. The van der Waals surface area contributed by atoms with Gasteiger partial charge < -0.3 is 0 Å². The average molecular weight is 239 g/mol. The molecule has 0 saturated heterocycles. The summed E-state index contributed by atoms with van der Waals surface area (Å²) in [6.45, 7) is 0. The van der Waals surface area contributed by atoms with E-state index in [-0.39, 0.29) is 0 Å². The van der Waals surface area contributed by atoms with E-state index in [4.69, 9.17) is 11.6 Å². The molecule has 6 heteroatoms. The van der Waals surface area contributed by atoms with E-state index in [2.05, 4.69) is 0 Å². The second-order valence-electron chi connectivity index (χ2n) is 2.59. The number of carbonyl (C=O) groups is 1. The molecule has 0 aliphatic rings. The molecule has 0 radical (unpaired) electrons. The van der Waals surface area contributed by atoms with Crippen LogP contribution in [-0.2, 0) is 9.84 Å². The van der Waals surface area contributed by atoms with Crippen LogP contribution in [0.15, 0.2) is 11.4 Å². The Morgan fingerprint density at radius 3 is 2.62 bits per heavy atom. The number of hydrogen-bond donors (Lipinski definition) is 0. The van der Waals surface area contributed by atoms with Gasteiger partial charge in [0, 0.05) is 6.26 Å². The highest BCUT2D eigenvalue weighted by Crippen LogP contribution is 2.22. The zero-order chi connectivity index (χ0) is 10.1. The van der Waals surface area contributed by atoms with Gasteiger partial charge in [0.2, 0.25) is 0 Å². The Morgan fingerprint density at radius 1 is 1.62 bits per heavy atom. The smallest absolute Gasteiger partial charge is 0.189 e. The minimum Gasteiger partial charge on any atom is -0.292 e. The monoisotopic (exact) mass is 238 g/mol. The van der Waals surface area contributed by atoms with Crippen molar-refractivity contribution >= 4 is 38.6 Å². The summed E-state index contributed by atoms with van der Waals surface area (Å²) in [5.74, 6) is -0.921. The van der Waals surface area contributed by atoms with Gasteiger partial charge in [-0.25, -0.2) is 8.42 Å². The number of ketones is 1. The van der Waals surface area contributed by atoms with E-state index >= 15 is 0 Å². The van der Waals surface area contributed by atoms with Crippen LogP contribution in [0.3, 0.4) is 0 Å². The molecule has 72 valence electrons. The molecular weight excluding hydrogens is 232 g/mol. The van der Waals surface area contributed by atoms with Gasteiger partial charge in [0.15, 0.2) is 15.6 Å². The first-order chi connectivity index (χ1) is 5.90. The maximum absolute atomic E-state index is 11.3. The summed E-state index contributed by atoms with van der Waals surface area (Å²) in [7, 11) is -3.27. The second kappa shape index (κ2) is 3.77. The van der Waals surface area contributed by atoms with Gasteiger partial charge in [-0.2, -0.15) is 0 Å². The lowest BCUT2D eigenvalue weighted by molar-refractivity contribution is 0.102. The molecule has 0 spiro atoms. The van der Waals surface area contributed by atoms with Crippen molar-refractivity contribution in [2.75, 3.05) is 12.0 Å². The van der Waals surface area contributed by atoms with Crippen LogP contribution in [-0.4, -0.2) is 26.2 Å². The van der Waals surface area contributed by atoms with Crippen LogP contribution in [0.4, 0.5) is 0 Å².